The van der Waals surface area contributed by atoms with E-state index >= 15 is 0 Å². The molecule has 0 aliphatic carbocycles. The molecule has 2 saturated heterocycles. The number of benzene rings is 1. The van der Waals surface area contributed by atoms with Gasteiger partial charge in [0.05, 0.1) is 4.90 Å². The van der Waals surface area contributed by atoms with Gasteiger partial charge in [-0.25, -0.2) is 8.42 Å². The Morgan fingerprint density at radius 1 is 1.08 bits per heavy atom. The lowest BCUT2D eigenvalue weighted by molar-refractivity contribution is 0.0643. The Morgan fingerprint density at radius 3 is 2.29 bits per heavy atom. The van der Waals surface area contributed by atoms with E-state index in [1.54, 1.807) is 12.1 Å². The zero-order valence-corrected chi connectivity index (χ0v) is 15.3. The summed E-state index contributed by atoms with van der Waals surface area (Å²) in [6.07, 6.45) is 5.77. The quantitative estimate of drug-likeness (QED) is 0.838. The molecule has 0 bridgehead atoms. The largest absolute Gasteiger partial charge is 0.339 e. The van der Waals surface area contributed by atoms with Gasteiger partial charge in [0.2, 0.25) is 0 Å². The summed E-state index contributed by atoms with van der Waals surface area (Å²) in [6.45, 7) is 5.74. The van der Waals surface area contributed by atoms with Crippen LogP contribution >= 0.6 is 0 Å². The van der Waals surface area contributed by atoms with Gasteiger partial charge in [-0.15, -0.1) is 0 Å². The van der Waals surface area contributed by atoms with Crippen LogP contribution in [0.15, 0.2) is 23.1 Å². The number of carbonyl (C=O) groups excluding carboxylic acids is 1. The summed E-state index contributed by atoms with van der Waals surface area (Å²) in [6, 6.07) is 5.42. The van der Waals surface area contributed by atoms with Crippen LogP contribution < -0.4 is 0 Å². The number of hydrogen-bond donors (Lipinski definition) is 0. The first-order chi connectivity index (χ1) is 11.4. The van der Waals surface area contributed by atoms with Crippen LogP contribution in [0.1, 0.15) is 41.6 Å². The Labute approximate surface area is 144 Å². The topological polar surface area (TPSA) is 57.7 Å². The predicted octanol–water partition coefficient (Wildman–Crippen LogP) is 2.10. The molecule has 0 spiro atoms. The number of hydrogen-bond acceptors (Lipinski definition) is 4. The molecule has 2 heterocycles. The number of aryl methyl sites for hydroxylation is 1. The van der Waals surface area contributed by atoms with Crippen molar-refractivity contribution >= 4 is 15.7 Å². The maximum absolute atomic E-state index is 12.8. The first-order valence-electron chi connectivity index (χ1n) is 8.70. The SMILES string of the molecule is Cc1ccc(S(C)(=O)=O)cc1C(=O)N1CCC(N2CCCC2)CC1. The number of carbonyl (C=O) groups is 1. The molecule has 6 heteroatoms. The molecule has 5 nitrogen and oxygen atoms in total. The summed E-state index contributed by atoms with van der Waals surface area (Å²) >= 11 is 0. The van der Waals surface area contributed by atoms with Gasteiger partial charge in [-0.05, 0) is 63.4 Å². The van der Waals surface area contributed by atoms with Crippen molar-refractivity contribution in [1.82, 2.24) is 9.80 Å². The summed E-state index contributed by atoms with van der Waals surface area (Å²) in [5.74, 6) is -0.0436. The molecule has 0 N–H and O–H groups in total. The smallest absolute Gasteiger partial charge is 0.254 e. The zero-order chi connectivity index (χ0) is 17.3. The van der Waals surface area contributed by atoms with Crippen molar-refractivity contribution in [3.05, 3.63) is 29.3 Å². The van der Waals surface area contributed by atoms with Crippen molar-refractivity contribution in [2.75, 3.05) is 32.4 Å². The van der Waals surface area contributed by atoms with Crippen molar-refractivity contribution < 1.29 is 13.2 Å². The Hall–Kier alpha value is -1.40. The zero-order valence-electron chi connectivity index (χ0n) is 14.5. The molecule has 2 aliphatic heterocycles. The van der Waals surface area contributed by atoms with E-state index in [0.717, 1.165) is 31.5 Å². The molecule has 0 atom stereocenters. The van der Waals surface area contributed by atoms with Crippen LogP contribution in [0.4, 0.5) is 0 Å². The molecule has 1 aromatic carbocycles. The normalized spacial score (nSPS) is 20.5. The molecule has 24 heavy (non-hydrogen) atoms. The number of amides is 1. The number of sulfone groups is 1. The molecule has 3 rings (SSSR count). The Morgan fingerprint density at radius 2 is 1.71 bits per heavy atom. The van der Waals surface area contributed by atoms with E-state index in [4.69, 9.17) is 0 Å². The van der Waals surface area contributed by atoms with Gasteiger partial charge >= 0.3 is 0 Å². The Bertz CT molecular complexity index is 716. The standard InChI is InChI=1S/C18H26N2O3S/c1-14-5-6-16(24(2,22)23)13-17(14)18(21)20-11-7-15(8-12-20)19-9-3-4-10-19/h5-6,13,15H,3-4,7-12H2,1-2H3. The molecule has 2 aliphatic rings. The van der Waals surface area contributed by atoms with Gasteiger partial charge in [-0.1, -0.05) is 6.07 Å². The third kappa shape index (κ3) is 3.64. The predicted molar refractivity (Wildman–Crippen MR) is 94.0 cm³/mol. The average Bonchev–Trinajstić information content (AvgIpc) is 3.08. The molecule has 2 fully saturated rings. The van der Waals surface area contributed by atoms with Gasteiger partial charge in [0.1, 0.15) is 0 Å². The third-order valence-electron chi connectivity index (χ3n) is 5.28. The maximum Gasteiger partial charge on any atom is 0.254 e. The van der Waals surface area contributed by atoms with Crippen LogP contribution in [0.25, 0.3) is 0 Å². The van der Waals surface area contributed by atoms with Gasteiger partial charge in [-0.2, -0.15) is 0 Å². The lowest BCUT2D eigenvalue weighted by atomic mass is 10.0. The van der Waals surface area contributed by atoms with Gasteiger partial charge in [0, 0.05) is 31.0 Å². The summed E-state index contributed by atoms with van der Waals surface area (Å²) in [5.41, 5.74) is 1.34. The highest BCUT2D eigenvalue weighted by Crippen LogP contribution is 2.23. The highest BCUT2D eigenvalue weighted by atomic mass is 32.2. The summed E-state index contributed by atoms with van der Waals surface area (Å²) in [4.78, 5) is 17.5. The minimum absolute atomic E-state index is 0.0436. The van der Waals surface area contributed by atoms with Gasteiger partial charge < -0.3 is 9.80 Å². The third-order valence-corrected chi connectivity index (χ3v) is 6.39. The Kier molecular flexibility index (Phi) is 4.97. The highest BCUT2D eigenvalue weighted by molar-refractivity contribution is 7.90. The minimum atomic E-state index is -3.30. The van der Waals surface area contributed by atoms with E-state index in [1.807, 2.05) is 11.8 Å². The monoisotopic (exact) mass is 350 g/mol. The van der Waals surface area contributed by atoms with E-state index in [1.165, 1.54) is 38.3 Å². The maximum atomic E-state index is 12.8. The molecule has 132 valence electrons. The highest BCUT2D eigenvalue weighted by Gasteiger charge is 2.29. The van der Waals surface area contributed by atoms with Crippen molar-refractivity contribution in [3.8, 4) is 0 Å². The Balaban J connectivity index is 1.71. The molecular formula is C18H26N2O3S. The van der Waals surface area contributed by atoms with Crippen LogP contribution in [0.3, 0.4) is 0 Å². The fraction of sp³-hybridized carbons (Fsp3) is 0.611. The summed E-state index contributed by atoms with van der Waals surface area (Å²) < 4.78 is 23.5. The van der Waals surface area contributed by atoms with Crippen LogP contribution in [0, 0.1) is 6.92 Å². The van der Waals surface area contributed by atoms with Gasteiger partial charge in [-0.3, -0.25) is 4.79 Å². The van der Waals surface area contributed by atoms with E-state index in [9.17, 15) is 13.2 Å². The van der Waals surface area contributed by atoms with E-state index in [0.29, 0.717) is 11.6 Å². The van der Waals surface area contributed by atoms with Crippen LogP contribution in [0.5, 0.6) is 0 Å². The minimum Gasteiger partial charge on any atom is -0.339 e. The van der Waals surface area contributed by atoms with Crippen LogP contribution in [-0.2, 0) is 9.84 Å². The first kappa shape index (κ1) is 17.4. The van der Waals surface area contributed by atoms with Gasteiger partial charge in [0.25, 0.3) is 5.91 Å². The van der Waals surface area contributed by atoms with Crippen LogP contribution in [0.2, 0.25) is 0 Å². The average molecular weight is 350 g/mol. The molecule has 0 unspecified atom stereocenters. The van der Waals surface area contributed by atoms with Crippen molar-refractivity contribution in [2.24, 2.45) is 0 Å². The van der Waals surface area contributed by atoms with E-state index in [2.05, 4.69) is 4.90 Å². The first-order valence-corrected chi connectivity index (χ1v) is 10.6. The second-order valence-corrected chi connectivity index (χ2v) is 9.03. The lowest BCUT2D eigenvalue weighted by Crippen LogP contribution is -2.46. The van der Waals surface area contributed by atoms with Crippen molar-refractivity contribution in [1.29, 1.82) is 0 Å². The molecule has 1 amide bonds. The number of nitrogens with zero attached hydrogens (tertiary/aromatic N) is 2. The molecule has 0 saturated carbocycles. The number of piperidine rings is 1. The number of rotatable bonds is 3. The fourth-order valence-corrected chi connectivity index (χ4v) is 4.42. The van der Waals surface area contributed by atoms with Crippen molar-refractivity contribution in [2.45, 2.75) is 43.5 Å². The number of likely N-dealkylation sites (tertiary alicyclic amines) is 2. The summed E-state index contributed by atoms with van der Waals surface area (Å²) in [7, 11) is -3.30. The molecule has 0 radical (unpaired) electrons. The fourth-order valence-electron chi connectivity index (χ4n) is 3.77. The second-order valence-electron chi connectivity index (χ2n) is 7.02. The van der Waals surface area contributed by atoms with E-state index in [-0.39, 0.29) is 10.8 Å². The lowest BCUT2D eigenvalue weighted by Gasteiger charge is -2.36. The molecule has 0 aromatic heterocycles. The molecular weight excluding hydrogens is 324 g/mol. The summed E-state index contributed by atoms with van der Waals surface area (Å²) in [5, 5.41) is 0. The van der Waals surface area contributed by atoms with E-state index < -0.39 is 9.84 Å². The second kappa shape index (κ2) is 6.84. The van der Waals surface area contributed by atoms with Crippen LogP contribution in [-0.4, -0.2) is 62.6 Å². The van der Waals surface area contributed by atoms with Gasteiger partial charge in [0.15, 0.2) is 9.84 Å². The van der Waals surface area contributed by atoms with Crippen molar-refractivity contribution in [3.63, 3.8) is 0 Å². The molecule has 1 aromatic rings.